The fourth-order valence-corrected chi connectivity index (χ4v) is 3.15. The second-order valence-corrected chi connectivity index (χ2v) is 6.02. The monoisotopic (exact) mass is 364 g/mol. The summed E-state index contributed by atoms with van der Waals surface area (Å²) in [7, 11) is 4.91. The normalized spacial score (nSPS) is 15.4. The quantitative estimate of drug-likeness (QED) is 0.749. The SMILES string of the molecule is COc1ccc(C2=C[C@@H](c3ccc(OC)c(OC)c3)n3ncnc3N2)cc1. The second-order valence-electron chi connectivity index (χ2n) is 6.02. The molecule has 0 saturated heterocycles. The molecule has 1 atom stereocenters. The van der Waals surface area contributed by atoms with Crippen molar-refractivity contribution in [2.75, 3.05) is 26.6 Å². The molecule has 1 aromatic heterocycles. The van der Waals surface area contributed by atoms with Crippen molar-refractivity contribution in [3.63, 3.8) is 0 Å². The third-order valence-electron chi connectivity index (χ3n) is 4.56. The number of benzene rings is 2. The van der Waals surface area contributed by atoms with Crippen LogP contribution in [-0.2, 0) is 0 Å². The molecule has 0 amide bonds. The van der Waals surface area contributed by atoms with E-state index in [-0.39, 0.29) is 6.04 Å². The van der Waals surface area contributed by atoms with Gasteiger partial charge in [-0.3, -0.25) is 0 Å². The van der Waals surface area contributed by atoms with Crippen molar-refractivity contribution in [1.29, 1.82) is 0 Å². The zero-order valence-electron chi connectivity index (χ0n) is 15.3. The number of ether oxygens (including phenoxy) is 3. The van der Waals surface area contributed by atoms with E-state index in [0.29, 0.717) is 17.4 Å². The highest BCUT2D eigenvalue weighted by Gasteiger charge is 2.24. The van der Waals surface area contributed by atoms with Gasteiger partial charge in [0.1, 0.15) is 18.1 Å². The zero-order chi connectivity index (χ0) is 18.8. The van der Waals surface area contributed by atoms with Gasteiger partial charge in [-0.05, 0) is 53.6 Å². The third-order valence-corrected chi connectivity index (χ3v) is 4.56. The Labute approximate surface area is 157 Å². The molecule has 0 spiro atoms. The van der Waals surface area contributed by atoms with Crippen LogP contribution in [0.5, 0.6) is 17.2 Å². The fourth-order valence-electron chi connectivity index (χ4n) is 3.15. The van der Waals surface area contributed by atoms with E-state index >= 15 is 0 Å². The van der Waals surface area contributed by atoms with Gasteiger partial charge in [0.25, 0.3) is 0 Å². The Morgan fingerprint density at radius 1 is 0.926 bits per heavy atom. The van der Waals surface area contributed by atoms with Gasteiger partial charge >= 0.3 is 0 Å². The maximum absolute atomic E-state index is 5.45. The first kappa shape index (κ1) is 17.0. The highest BCUT2D eigenvalue weighted by Crippen LogP contribution is 2.36. The Bertz CT molecular complexity index is 979. The molecule has 0 fully saturated rings. The average Bonchev–Trinajstić information content (AvgIpc) is 3.21. The number of anilines is 1. The van der Waals surface area contributed by atoms with E-state index in [0.717, 1.165) is 22.6 Å². The number of aromatic nitrogens is 3. The van der Waals surface area contributed by atoms with Gasteiger partial charge in [0.05, 0.1) is 21.3 Å². The van der Waals surface area contributed by atoms with Crippen LogP contribution in [0.1, 0.15) is 17.2 Å². The molecule has 138 valence electrons. The van der Waals surface area contributed by atoms with Gasteiger partial charge in [-0.1, -0.05) is 6.07 Å². The van der Waals surface area contributed by atoms with E-state index in [1.165, 1.54) is 0 Å². The molecular formula is C20H20N4O3. The van der Waals surface area contributed by atoms with Crippen molar-refractivity contribution < 1.29 is 14.2 Å². The first-order valence-corrected chi connectivity index (χ1v) is 8.48. The van der Waals surface area contributed by atoms with Crippen molar-refractivity contribution in [3.8, 4) is 17.2 Å². The van der Waals surface area contributed by atoms with Crippen LogP contribution in [0.15, 0.2) is 54.9 Å². The first-order valence-electron chi connectivity index (χ1n) is 8.48. The van der Waals surface area contributed by atoms with Crippen LogP contribution in [-0.4, -0.2) is 36.1 Å². The van der Waals surface area contributed by atoms with Gasteiger partial charge in [-0.2, -0.15) is 10.1 Å². The molecule has 0 aliphatic carbocycles. The maximum Gasteiger partial charge on any atom is 0.226 e. The summed E-state index contributed by atoms with van der Waals surface area (Å²) in [5.74, 6) is 2.86. The minimum absolute atomic E-state index is 0.124. The van der Waals surface area contributed by atoms with Gasteiger partial charge in [-0.15, -0.1) is 0 Å². The Hall–Kier alpha value is -3.48. The lowest BCUT2D eigenvalue weighted by atomic mass is 10.0. The lowest BCUT2D eigenvalue weighted by Crippen LogP contribution is -2.20. The van der Waals surface area contributed by atoms with Crippen molar-refractivity contribution in [3.05, 3.63) is 66.0 Å². The summed E-state index contributed by atoms with van der Waals surface area (Å²) in [6.07, 6.45) is 3.66. The van der Waals surface area contributed by atoms with E-state index in [1.54, 1.807) is 27.7 Å². The minimum atomic E-state index is -0.124. The molecule has 0 bridgehead atoms. The van der Waals surface area contributed by atoms with Crippen molar-refractivity contribution in [2.45, 2.75) is 6.04 Å². The lowest BCUT2D eigenvalue weighted by molar-refractivity contribution is 0.354. The lowest BCUT2D eigenvalue weighted by Gasteiger charge is -2.25. The van der Waals surface area contributed by atoms with Crippen molar-refractivity contribution >= 4 is 11.6 Å². The number of methoxy groups -OCH3 is 3. The molecule has 3 aromatic rings. The largest absolute Gasteiger partial charge is 0.497 e. The number of fused-ring (bicyclic) bond motifs is 1. The molecular weight excluding hydrogens is 344 g/mol. The van der Waals surface area contributed by atoms with Gasteiger partial charge in [0, 0.05) is 5.70 Å². The van der Waals surface area contributed by atoms with Crippen LogP contribution in [0.3, 0.4) is 0 Å². The first-order chi connectivity index (χ1) is 13.2. The average molecular weight is 364 g/mol. The van der Waals surface area contributed by atoms with E-state index < -0.39 is 0 Å². The van der Waals surface area contributed by atoms with Crippen LogP contribution in [0.4, 0.5) is 5.95 Å². The summed E-state index contributed by atoms with van der Waals surface area (Å²) in [5, 5.41) is 7.71. The summed E-state index contributed by atoms with van der Waals surface area (Å²) < 4.78 is 17.9. The molecule has 4 rings (SSSR count). The number of hydrogen-bond acceptors (Lipinski definition) is 6. The van der Waals surface area contributed by atoms with Crippen LogP contribution in [0.2, 0.25) is 0 Å². The molecule has 27 heavy (non-hydrogen) atoms. The maximum atomic E-state index is 5.45. The second kappa shape index (κ2) is 7.03. The molecule has 1 aliphatic heterocycles. The standard InChI is InChI=1S/C20H20N4O3/c1-25-15-7-4-13(5-8-15)16-11-17(24-20(23-16)21-12-22-24)14-6-9-18(26-2)19(10-14)27-3/h4-12,17H,1-3H3,(H,21,22,23)/t17-/m0/s1. The van der Waals surface area contributed by atoms with E-state index in [1.807, 2.05) is 47.1 Å². The minimum Gasteiger partial charge on any atom is -0.497 e. The fraction of sp³-hybridized carbons (Fsp3) is 0.200. The van der Waals surface area contributed by atoms with E-state index in [2.05, 4.69) is 21.5 Å². The Kier molecular flexibility index (Phi) is 4.42. The summed E-state index contributed by atoms with van der Waals surface area (Å²) in [5.41, 5.74) is 3.01. The number of nitrogens with zero attached hydrogens (tertiary/aromatic N) is 3. The number of allylic oxidation sites excluding steroid dienone is 1. The smallest absolute Gasteiger partial charge is 0.226 e. The molecule has 0 saturated carbocycles. The highest BCUT2D eigenvalue weighted by atomic mass is 16.5. The van der Waals surface area contributed by atoms with Gasteiger partial charge < -0.3 is 19.5 Å². The molecule has 2 aromatic carbocycles. The van der Waals surface area contributed by atoms with Crippen molar-refractivity contribution in [2.24, 2.45) is 0 Å². The van der Waals surface area contributed by atoms with Crippen molar-refractivity contribution in [1.82, 2.24) is 14.8 Å². The van der Waals surface area contributed by atoms with Gasteiger partial charge in [-0.25, -0.2) is 4.68 Å². The summed E-state index contributed by atoms with van der Waals surface area (Å²) >= 11 is 0. The molecule has 7 heteroatoms. The Morgan fingerprint density at radius 3 is 2.41 bits per heavy atom. The zero-order valence-corrected chi connectivity index (χ0v) is 15.3. The molecule has 2 heterocycles. The Balaban J connectivity index is 1.77. The highest BCUT2D eigenvalue weighted by molar-refractivity contribution is 5.77. The third kappa shape index (κ3) is 3.08. The van der Waals surface area contributed by atoms with Crippen LogP contribution < -0.4 is 19.5 Å². The summed E-state index contributed by atoms with van der Waals surface area (Å²) in [6.45, 7) is 0. The number of rotatable bonds is 5. The van der Waals surface area contributed by atoms with Gasteiger partial charge in [0.15, 0.2) is 11.5 Å². The predicted octanol–water partition coefficient (Wildman–Crippen LogP) is 3.36. The summed E-state index contributed by atoms with van der Waals surface area (Å²) in [6, 6.07) is 13.6. The molecule has 0 unspecified atom stereocenters. The van der Waals surface area contributed by atoms with Crippen LogP contribution in [0.25, 0.3) is 5.70 Å². The van der Waals surface area contributed by atoms with Crippen LogP contribution >= 0.6 is 0 Å². The van der Waals surface area contributed by atoms with E-state index in [9.17, 15) is 0 Å². The number of hydrogen-bond donors (Lipinski definition) is 1. The molecule has 1 N–H and O–H groups in total. The molecule has 7 nitrogen and oxygen atoms in total. The topological polar surface area (TPSA) is 70.4 Å². The van der Waals surface area contributed by atoms with Gasteiger partial charge in [0.2, 0.25) is 5.95 Å². The summed E-state index contributed by atoms with van der Waals surface area (Å²) in [4.78, 5) is 4.34. The predicted molar refractivity (Wildman–Crippen MR) is 102 cm³/mol. The molecule has 0 radical (unpaired) electrons. The molecule has 1 aliphatic rings. The van der Waals surface area contributed by atoms with E-state index in [4.69, 9.17) is 14.2 Å². The van der Waals surface area contributed by atoms with Crippen LogP contribution in [0, 0.1) is 0 Å². The Morgan fingerprint density at radius 2 is 1.70 bits per heavy atom. The number of nitrogens with one attached hydrogen (secondary N) is 1.